The molecule has 6 heteroatoms. The molecule has 0 fully saturated rings. The first kappa shape index (κ1) is 16.9. The Hall–Kier alpha value is -2.99. The van der Waals surface area contributed by atoms with Gasteiger partial charge < -0.3 is 10.6 Å². The van der Waals surface area contributed by atoms with Crippen molar-refractivity contribution < 1.29 is 9.59 Å². The summed E-state index contributed by atoms with van der Waals surface area (Å²) < 4.78 is 0.889. The molecule has 0 saturated carbocycles. The van der Waals surface area contributed by atoms with Gasteiger partial charge in [0.2, 0.25) is 0 Å². The Morgan fingerprint density at radius 2 is 1.60 bits per heavy atom. The summed E-state index contributed by atoms with van der Waals surface area (Å²) in [4.78, 5) is 28.9. The number of nitrogens with zero attached hydrogens (tertiary/aromatic N) is 1. The number of aromatic nitrogens is 1. The van der Waals surface area contributed by atoms with Crippen molar-refractivity contribution in [1.82, 2.24) is 4.98 Å². The van der Waals surface area contributed by atoms with Gasteiger partial charge in [-0.3, -0.25) is 14.6 Å². The van der Waals surface area contributed by atoms with Crippen LogP contribution in [0.25, 0.3) is 0 Å². The first-order chi connectivity index (χ1) is 12.1. The standard InChI is InChI=1S/C19H14BrN3O2/c20-14-9-7-13(8-10-14)18(24)23-17-6-2-1-5-16(17)19(25)22-15-4-3-11-21-12-15/h1-12H,(H,22,25)(H,23,24). The maximum absolute atomic E-state index is 12.5. The zero-order valence-electron chi connectivity index (χ0n) is 13.1. The van der Waals surface area contributed by atoms with Gasteiger partial charge >= 0.3 is 0 Å². The Labute approximate surface area is 153 Å². The van der Waals surface area contributed by atoms with Crippen molar-refractivity contribution >= 4 is 39.1 Å². The molecule has 0 atom stereocenters. The third kappa shape index (κ3) is 4.30. The first-order valence-electron chi connectivity index (χ1n) is 7.51. The molecule has 0 aliphatic carbocycles. The molecule has 3 rings (SSSR count). The minimum absolute atomic E-state index is 0.283. The van der Waals surface area contributed by atoms with Crippen LogP contribution in [0.1, 0.15) is 20.7 Å². The number of rotatable bonds is 4. The van der Waals surface area contributed by atoms with E-state index in [-0.39, 0.29) is 11.8 Å². The van der Waals surface area contributed by atoms with Crippen LogP contribution in [0.2, 0.25) is 0 Å². The molecule has 5 nitrogen and oxygen atoms in total. The minimum Gasteiger partial charge on any atom is -0.321 e. The number of anilines is 2. The van der Waals surface area contributed by atoms with E-state index in [9.17, 15) is 9.59 Å². The summed E-state index contributed by atoms with van der Waals surface area (Å²) in [6.45, 7) is 0. The topological polar surface area (TPSA) is 71.1 Å². The number of pyridine rings is 1. The molecule has 2 N–H and O–H groups in total. The van der Waals surface area contributed by atoms with Crippen LogP contribution >= 0.6 is 15.9 Å². The molecule has 0 spiro atoms. The molecule has 2 amide bonds. The lowest BCUT2D eigenvalue weighted by Gasteiger charge is -2.11. The second-order valence-corrected chi connectivity index (χ2v) is 6.12. The molecule has 1 heterocycles. The van der Waals surface area contributed by atoms with Gasteiger partial charge in [0, 0.05) is 16.2 Å². The van der Waals surface area contributed by atoms with Gasteiger partial charge in [-0.1, -0.05) is 28.1 Å². The molecular weight excluding hydrogens is 382 g/mol. The highest BCUT2D eigenvalue weighted by Crippen LogP contribution is 2.19. The zero-order chi connectivity index (χ0) is 17.6. The summed E-state index contributed by atoms with van der Waals surface area (Å²) in [6, 6.07) is 17.3. The van der Waals surface area contributed by atoms with Gasteiger partial charge in [-0.25, -0.2) is 0 Å². The van der Waals surface area contributed by atoms with Gasteiger partial charge in [0.1, 0.15) is 0 Å². The number of benzene rings is 2. The number of halogens is 1. The van der Waals surface area contributed by atoms with E-state index in [1.807, 2.05) is 0 Å². The Morgan fingerprint density at radius 3 is 2.32 bits per heavy atom. The van der Waals surface area contributed by atoms with Crippen LogP contribution < -0.4 is 10.6 Å². The Bertz CT molecular complexity index is 896. The van der Waals surface area contributed by atoms with Crippen LogP contribution in [-0.4, -0.2) is 16.8 Å². The fourth-order valence-corrected chi connectivity index (χ4v) is 2.49. The summed E-state index contributed by atoms with van der Waals surface area (Å²) >= 11 is 3.33. The summed E-state index contributed by atoms with van der Waals surface area (Å²) in [5.41, 5.74) is 1.90. The summed E-state index contributed by atoms with van der Waals surface area (Å²) in [6.07, 6.45) is 3.18. The highest BCUT2D eigenvalue weighted by molar-refractivity contribution is 9.10. The van der Waals surface area contributed by atoms with Crippen LogP contribution in [0.3, 0.4) is 0 Å². The van der Waals surface area contributed by atoms with Crippen molar-refractivity contribution in [2.24, 2.45) is 0 Å². The number of hydrogen-bond donors (Lipinski definition) is 2. The van der Waals surface area contributed by atoms with E-state index in [2.05, 4.69) is 31.5 Å². The molecule has 25 heavy (non-hydrogen) atoms. The third-order valence-corrected chi connectivity index (χ3v) is 3.97. The molecule has 0 unspecified atom stereocenters. The van der Waals surface area contributed by atoms with Crippen molar-refractivity contribution in [3.05, 3.63) is 88.7 Å². The van der Waals surface area contributed by atoms with Crippen LogP contribution in [0, 0.1) is 0 Å². The number of amides is 2. The first-order valence-corrected chi connectivity index (χ1v) is 8.30. The van der Waals surface area contributed by atoms with Crippen molar-refractivity contribution in [1.29, 1.82) is 0 Å². The van der Waals surface area contributed by atoms with Crippen LogP contribution in [-0.2, 0) is 0 Å². The summed E-state index contributed by atoms with van der Waals surface area (Å²) in [5.74, 6) is -0.603. The maximum atomic E-state index is 12.5. The Kier molecular flexibility index (Phi) is 5.20. The quantitative estimate of drug-likeness (QED) is 0.689. The van der Waals surface area contributed by atoms with E-state index in [0.29, 0.717) is 22.5 Å². The SMILES string of the molecule is O=C(Nc1ccccc1C(=O)Nc1cccnc1)c1ccc(Br)cc1. The predicted octanol–water partition coefficient (Wildman–Crippen LogP) is 4.35. The lowest BCUT2D eigenvalue weighted by molar-refractivity contribution is 0.102. The van der Waals surface area contributed by atoms with Crippen molar-refractivity contribution in [2.45, 2.75) is 0 Å². The normalized spacial score (nSPS) is 10.1. The van der Waals surface area contributed by atoms with Crippen molar-refractivity contribution in [2.75, 3.05) is 10.6 Å². The fourth-order valence-electron chi connectivity index (χ4n) is 2.22. The molecule has 2 aromatic carbocycles. The highest BCUT2D eigenvalue weighted by Gasteiger charge is 2.14. The second kappa shape index (κ2) is 7.72. The van der Waals surface area contributed by atoms with E-state index in [1.54, 1.807) is 73.1 Å². The average Bonchev–Trinajstić information content (AvgIpc) is 2.63. The third-order valence-electron chi connectivity index (χ3n) is 3.45. The van der Waals surface area contributed by atoms with Gasteiger partial charge in [-0.2, -0.15) is 0 Å². The fraction of sp³-hybridized carbons (Fsp3) is 0. The van der Waals surface area contributed by atoms with Crippen molar-refractivity contribution in [3.63, 3.8) is 0 Å². The summed E-state index contributed by atoms with van der Waals surface area (Å²) in [5, 5.41) is 5.54. The maximum Gasteiger partial charge on any atom is 0.257 e. The van der Waals surface area contributed by atoms with E-state index < -0.39 is 0 Å². The molecule has 0 aliphatic rings. The summed E-state index contributed by atoms with van der Waals surface area (Å²) in [7, 11) is 0. The van der Waals surface area contributed by atoms with Gasteiger partial charge in [0.25, 0.3) is 11.8 Å². The van der Waals surface area contributed by atoms with E-state index in [4.69, 9.17) is 0 Å². The number of hydrogen-bond acceptors (Lipinski definition) is 3. The lowest BCUT2D eigenvalue weighted by Crippen LogP contribution is -2.18. The van der Waals surface area contributed by atoms with Gasteiger partial charge in [0.05, 0.1) is 23.1 Å². The van der Waals surface area contributed by atoms with E-state index >= 15 is 0 Å². The highest BCUT2D eigenvalue weighted by atomic mass is 79.9. The minimum atomic E-state index is -0.320. The molecule has 0 radical (unpaired) electrons. The van der Waals surface area contributed by atoms with E-state index in [1.165, 1.54) is 0 Å². The molecular formula is C19H14BrN3O2. The molecule has 1 aromatic heterocycles. The largest absolute Gasteiger partial charge is 0.321 e. The predicted molar refractivity (Wildman–Crippen MR) is 101 cm³/mol. The number of carbonyl (C=O) groups excluding carboxylic acids is 2. The second-order valence-electron chi connectivity index (χ2n) is 5.20. The Balaban J connectivity index is 1.79. The van der Waals surface area contributed by atoms with Gasteiger partial charge in [0.15, 0.2) is 0 Å². The molecule has 3 aromatic rings. The monoisotopic (exact) mass is 395 g/mol. The van der Waals surface area contributed by atoms with Gasteiger partial charge in [-0.15, -0.1) is 0 Å². The molecule has 124 valence electrons. The van der Waals surface area contributed by atoms with Crippen molar-refractivity contribution in [3.8, 4) is 0 Å². The van der Waals surface area contributed by atoms with Crippen LogP contribution in [0.5, 0.6) is 0 Å². The lowest BCUT2D eigenvalue weighted by atomic mass is 10.1. The van der Waals surface area contributed by atoms with Crippen LogP contribution in [0.4, 0.5) is 11.4 Å². The number of carbonyl (C=O) groups is 2. The molecule has 0 aliphatic heterocycles. The van der Waals surface area contributed by atoms with E-state index in [0.717, 1.165) is 4.47 Å². The zero-order valence-corrected chi connectivity index (χ0v) is 14.7. The average molecular weight is 396 g/mol. The van der Waals surface area contributed by atoms with Crippen LogP contribution in [0.15, 0.2) is 77.5 Å². The molecule has 0 bridgehead atoms. The van der Waals surface area contributed by atoms with Gasteiger partial charge in [-0.05, 0) is 48.5 Å². The number of para-hydroxylation sites is 1. The Morgan fingerprint density at radius 1 is 0.840 bits per heavy atom. The molecule has 0 saturated heterocycles. The number of nitrogens with one attached hydrogen (secondary N) is 2. The smallest absolute Gasteiger partial charge is 0.257 e.